The van der Waals surface area contributed by atoms with Crippen LogP contribution in [0.4, 0.5) is 0 Å². The van der Waals surface area contributed by atoms with Gasteiger partial charge in [0.05, 0.1) is 6.10 Å². The summed E-state index contributed by atoms with van der Waals surface area (Å²) in [5.74, 6) is 0. The van der Waals surface area contributed by atoms with E-state index in [0.29, 0.717) is 12.3 Å². The number of hydrogen-bond donors (Lipinski definition) is 0. The average Bonchev–Trinajstić information content (AvgIpc) is 2.56. The molecule has 0 aromatic heterocycles. The van der Waals surface area contributed by atoms with Gasteiger partial charge in [0.1, 0.15) is 6.23 Å². The topological polar surface area (TPSA) is 12.5 Å². The Morgan fingerprint density at radius 1 is 1.25 bits per heavy atom. The third-order valence-corrected chi connectivity index (χ3v) is 2.66. The van der Waals surface area contributed by atoms with Crippen LogP contribution in [0.3, 0.4) is 0 Å². The number of ether oxygens (including phenoxy) is 1. The highest BCUT2D eigenvalue weighted by atomic mass is 16.5. The summed E-state index contributed by atoms with van der Waals surface area (Å²) in [5, 5.41) is 0. The lowest BCUT2D eigenvalue weighted by atomic mass is 10.3. The normalized spacial score (nSPS) is 24.2. The van der Waals surface area contributed by atoms with Crippen molar-refractivity contribution < 1.29 is 4.74 Å². The second-order valence-electron chi connectivity index (χ2n) is 3.70. The SMILES string of the molecule is CCC(C)OC(C)N1CCCC1. The first-order chi connectivity index (χ1) is 5.74. The van der Waals surface area contributed by atoms with Crippen LogP contribution >= 0.6 is 0 Å². The molecular weight excluding hydrogens is 150 g/mol. The predicted octanol–water partition coefficient (Wildman–Crippen LogP) is 2.24. The first kappa shape index (κ1) is 10.0. The maximum Gasteiger partial charge on any atom is 0.108 e. The van der Waals surface area contributed by atoms with Crippen LogP contribution in [0.15, 0.2) is 0 Å². The minimum Gasteiger partial charge on any atom is -0.361 e. The summed E-state index contributed by atoms with van der Waals surface area (Å²) in [5.41, 5.74) is 0. The van der Waals surface area contributed by atoms with Gasteiger partial charge in [0.2, 0.25) is 0 Å². The number of likely N-dealkylation sites (tertiary alicyclic amines) is 1. The van der Waals surface area contributed by atoms with Crippen LogP contribution in [0.5, 0.6) is 0 Å². The summed E-state index contributed by atoms with van der Waals surface area (Å²) in [7, 11) is 0. The molecule has 1 heterocycles. The van der Waals surface area contributed by atoms with E-state index < -0.39 is 0 Å². The van der Waals surface area contributed by atoms with E-state index in [4.69, 9.17) is 4.74 Å². The van der Waals surface area contributed by atoms with Gasteiger partial charge in [0.15, 0.2) is 0 Å². The maximum atomic E-state index is 5.81. The first-order valence-corrected chi connectivity index (χ1v) is 5.13. The molecule has 1 rings (SSSR count). The van der Waals surface area contributed by atoms with Gasteiger partial charge in [0.25, 0.3) is 0 Å². The van der Waals surface area contributed by atoms with Crippen LogP contribution < -0.4 is 0 Å². The molecule has 2 heteroatoms. The molecule has 1 saturated heterocycles. The third kappa shape index (κ3) is 2.76. The van der Waals surface area contributed by atoms with Gasteiger partial charge in [0, 0.05) is 13.1 Å². The van der Waals surface area contributed by atoms with Crippen molar-refractivity contribution in [1.29, 1.82) is 0 Å². The van der Waals surface area contributed by atoms with Gasteiger partial charge < -0.3 is 4.74 Å². The Morgan fingerprint density at radius 3 is 2.33 bits per heavy atom. The number of nitrogens with zero attached hydrogens (tertiary/aromatic N) is 1. The molecule has 0 aromatic carbocycles. The Morgan fingerprint density at radius 2 is 1.83 bits per heavy atom. The van der Waals surface area contributed by atoms with Crippen molar-refractivity contribution in [2.75, 3.05) is 13.1 Å². The molecule has 1 aliphatic rings. The summed E-state index contributed by atoms with van der Waals surface area (Å²) in [4.78, 5) is 2.42. The molecule has 72 valence electrons. The molecule has 0 aliphatic carbocycles. The zero-order chi connectivity index (χ0) is 8.97. The lowest BCUT2D eigenvalue weighted by Gasteiger charge is -2.26. The molecule has 0 aromatic rings. The van der Waals surface area contributed by atoms with Crippen molar-refractivity contribution >= 4 is 0 Å². The Bertz CT molecular complexity index is 121. The van der Waals surface area contributed by atoms with E-state index in [1.54, 1.807) is 0 Å². The van der Waals surface area contributed by atoms with Crippen LogP contribution in [0.25, 0.3) is 0 Å². The van der Waals surface area contributed by atoms with E-state index in [0.717, 1.165) is 6.42 Å². The van der Waals surface area contributed by atoms with E-state index in [-0.39, 0.29) is 0 Å². The minimum absolute atomic E-state index is 0.322. The minimum atomic E-state index is 0.322. The highest BCUT2D eigenvalue weighted by Crippen LogP contribution is 2.14. The summed E-state index contributed by atoms with van der Waals surface area (Å²) in [6.07, 6.45) is 4.52. The largest absolute Gasteiger partial charge is 0.361 e. The molecule has 0 bridgehead atoms. The first-order valence-electron chi connectivity index (χ1n) is 5.13. The molecule has 0 spiro atoms. The van der Waals surface area contributed by atoms with E-state index in [2.05, 4.69) is 25.7 Å². The lowest BCUT2D eigenvalue weighted by Crippen LogP contribution is -2.34. The van der Waals surface area contributed by atoms with Gasteiger partial charge in [-0.15, -0.1) is 0 Å². The maximum absolute atomic E-state index is 5.81. The summed E-state index contributed by atoms with van der Waals surface area (Å²) in [6.45, 7) is 8.92. The monoisotopic (exact) mass is 171 g/mol. The molecule has 2 unspecified atom stereocenters. The molecular formula is C10H21NO. The number of rotatable bonds is 4. The van der Waals surface area contributed by atoms with Crippen LogP contribution in [0.2, 0.25) is 0 Å². The van der Waals surface area contributed by atoms with Gasteiger partial charge in [-0.3, -0.25) is 4.90 Å². The van der Waals surface area contributed by atoms with Crippen LogP contribution in [-0.2, 0) is 4.74 Å². The molecule has 1 aliphatic heterocycles. The highest BCUT2D eigenvalue weighted by molar-refractivity contribution is 4.67. The van der Waals surface area contributed by atoms with Gasteiger partial charge in [-0.2, -0.15) is 0 Å². The van der Waals surface area contributed by atoms with Crippen molar-refractivity contribution in [3.8, 4) is 0 Å². The quantitative estimate of drug-likeness (QED) is 0.643. The highest BCUT2D eigenvalue weighted by Gasteiger charge is 2.19. The van der Waals surface area contributed by atoms with Crippen molar-refractivity contribution in [1.82, 2.24) is 4.90 Å². The van der Waals surface area contributed by atoms with Crippen molar-refractivity contribution in [3.63, 3.8) is 0 Å². The summed E-state index contributed by atoms with van der Waals surface area (Å²) in [6, 6.07) is 0. The molecule has 12 heavy (non-hydrogen) atoms. The van der Waals surface area contributed by atoms with Gasteiger partial charge >= 0.3 is 0 Å². The lowest BCUT2D eigenvalue weighted by molar-refractivity contribution is -0.0749. The standard InChI is InChI=1S/C10H21NO/c1-4-9(2)12-10(3)11-7-5-6-8-11/h9-10H,4-8H2,1-3H3. The fourth-order valence-electron chi connectivity index (χ4n) is 1.62. The fraction of sp³-hybridized carbons (Fsp3) is 1.00. The second kappa shape index (κ2) is 4.83. The molecule has 0 saturated carbocycles. The summed E-state index contributed by atoms with van der Waals surface area (Å²) < 4.78 is 5.81. The predicted molar refractivity (Wildman–Crippen MR) is 51.1 cm³/mol. The van der Waals surface area contributed by atoms with Crippen molar-refractivity contribution in [2.45, 2.75) is 52.4 Å². The molecule has 2 atom stereocenters. The smallest absolute Gasteiger partial charge is 0.108 e. The fourth-order valence-corrected chi connectivity index (χ4v) is 1.62. The van der Waals surface area contributed by atoms with E-state index in [9.17, 15) is 0 Å². The Balaban J connectivity index is 2.21. The van der Waals surface area contributed by atoms with Gasteiger partial charge in [-0.1, -0.05) is 6.92 Å². The molecule has 2 nitrogen and oxygen atoms in total. The molecule has 0 amide bonds. The van der Waals surface area contributed by atoms with E-state index in [1.165, 1.54) is 25.9 Å². The third-order valence-electron chi connectivity index (χ3n) is 2.66. The van der Waals surface area contributed by atoms with Crippen LogP contribution in [0, 0.1) is 0 Å². The van der Waals surface area contributed by atoms with Crippen molar-refractivity contribution in [2.24, 2.45) is 0 Å². The Kier molecular flexibility index (Phi) is 4.02. The van der Waals surface area contributed by atoms with E-state index in [1.807, 2.05) is 0 Å². The van der Waals surface area contributed by atoms with Crippen LogP contribution in [-0.4, -0.2) is 30.3 Å². The van der Waals surface area contributed by atoms with E-state index >= 15 is 0 Å². The van der Waals surface area contributed by atoms with Crippen molar-refractivity contribution in [3.05, 3.63) is 0 Å². The Labute approximate surface area is 75.9 Å². The van der Waals surface area contributed by atoms with Crippen LogP contribution in [0.1, 0.15) is 40.0 Å². The summed E-state index contributed by atoms with van der Waals surface area (Å²) >= 11 is 0. The molecule has 0 radical (unpaired) electrons. The zero-order valence-electron chi connectivity index (χ0n) is 8.55. The van der Waals surface area contributed by atoms with Gasteiger partial charge in [-0.25, -0.2) is 0 Å². The Hall–Kier alpha value is -0.0800. The zero-order valence-corrected chi connectivity index (χ0v) is 8.55. The number of hydrogen-bond acceptors (Lipinski definition) is 2. The second-order valence-corrected chi connectivity index (χ2v) is 3.70. The van der Waals surface area contributed by atoms with Gasteiger partial charge in [-0.05, 0) is 33.1 Å². The molecule has 0 N–H and O–H groups in total. The average molecular weight is 171 g/mol. The molecule has 1 fully saturated rings.